The molecule has 1 aromatic carbocycles. The maximum atomic E-state index is 11.7. The summed E-state index contributed by atoms with van der Waals surface area (Å²) in [5.41, 5.74) is 4.23. The number of ether oxygens (including phenoxy) is 2. The van der Waals surface area contributed by atoms with Crippen molar-refractivity contribution in [2.24, 2.45) is 0 Å². The number of nitrogens with one attached hydrogen (secondary N) is 1. The summed E-state index contributed by atoms with van der Waals surface area (Å²) in [6.45, 7) is 0.723. The van der Waals surface area contributed by atoms with Gasteiger partial charge in [-0.2, -0.15) is 5.10 Å². The average molecular weight is 321 g/mol. The van der Waals surface area contributed by atoms with Crippen molar-refractivity contribution >= 4 is 22.6 Å². The summed E-state index contributed by atoms with van der Waals surface area (Å²) in [5, 5.41) is 14.0. The van der Waals surface area contributed by atoms with E-state index in [1.165, 1.54) is 7.11 Å². The summed E-state index contributed by atoms with van der Waals surface area (Å²) >= 11 is 0. The molecule has 3 rings (SSSR count). The minimum absolute atomic E-state index is 0.0384. The predicted octanol–water partition coefficient (Wildman–Crippen LogP) is 2.27. The Kier molecular flexibility index (Phi) is 4.75. The molecule has 0 amide bonds. The third-order valence-corrected chi connectivity index (χ3v) is 3.97. The minimum Gasteiger partial charge on any atom is -0.469 e. The lowest BCUT2D eigenvalue weighted by molar-refractivity contribution is -0.215. The van der Waals surface area contributed by atoms with E-state index in [9.17, 15) is 4.79 Å². The molecule has 0 spiro atoms. The molecule has 1 saturated heterocycles. The maximum Gasteiger partial charge on any atom is 0.310 e. The first-order valence-electron chi connectivity index (χ1n) is 7.48. The predicted molar refractivity (Wildman–Crippen MR) is 81.6 cm³/mol. The van der Waals surface area contributed by atoms with Gasteiger partial charge in [0.15, 0.2) is 0 Å². The molecule has 1 fully saturated rings. The number of esters is 1. The molecular weight excluding hydrogens is 302 g/mol. The Labute approximate surface area is 132 Å². The second kappa shape index (κ2) is 6.95. The summed E-state index contributed by atoms with van der Waals surface area (Å²) < 4.78 is 12.3. The van der Waals surface area contributed by atoms with Crippen LogP contribution < -0.4 is 5.48 Å². The first-order chi connectivity index (χ1) is 11.2. The fourth-order valence-electron chi connectivity index (χ4n) is 2.80. The molecule has 2 heterocycles. The molecule has 8 heteroatoms. The van der Waals surface area contributed by atoms with Crippen molar-refractivity contribution in [2.75, 3.05) is 19.2 Å². The molecule has 0 aliphatic carbocycles. The number of hydrogen-bond donors (Lipinski definition) is 2. The van der Waals surface area contributed by atoms with Gasteiger partial charge in [0, 0.05) is 18.2 Å². The van der Waals surface area contributed by atoms with E-state index in [1.807, 2.05) is 6.20 Å². The van der Waals surface area contributed by atoms with Gasteiger partial charge in [-0.25, -0.2) is 15.4 Å². The van der Waals surface area contributed by atoms with Crippen molar-refractivity contribution in [1.82, 2.24) is 9.78 Å². The monoisotopic (exact) mass is 321 g/mol. The standard InChI is InChI=1S/C15H19N3O5/c1-21-15(19)8-10-11-9-18(14-4-2-3-7-22-14)16-12(11)5-6-13(10)17-23-20/h5-6,9,14,17,20H,2-4,7-8H2,1H3. The molecular formula is C15H19N3O5. The van der Waals surface area contributed by atoms with Crippen LogP contribution in [-0.4, -0.2) is 34.7 Å². The lowest BCUT2D eigenvalue weighted by Gasteiger charge is -2.22. The van der Waals surface area contributed by atoms with Gasteiger partial charge in [0.1, 0.15) is 6.23 Å². The van der Waals surface area contributed by atoms with E-state index in [0.29, 0.717) is 11.3 Å². The van der Waals surface area contributed by atoms with Crippen LogP contribution in [0.4, 0.5) is 5.69 Å². The molecule has 124 valence electrons. The van der Waals surface area contributed by atoms with Gasteiger partial charge < -0.3 is 9.47 Å². The van der Waals surface area contributed by atoms with Crippen molar-refractivity contribution in [3.63, 3.8) is 0 Å². The van der Waals surface area contributed by atoms with Crippen LogP contribution in [0, 0.1) is 0 Å². The van der Waals surface area contributed by atoms with Crippen molar-refractivity contribution in [3.05, 3.63) is 23.9 Å². The molecule has 1 aliphatic rings. The normalized spacial score (nSPS) is 18.1. The van der Waals surface area contributed by atoms with Crippen molar-refractivity contribution in [2.45, 2.75) is 31.9 Å². The second-order valence-electron chi connectivity index (χ2n) is 5.40. The zero-order chi connectivity index (χ0) is 16.2. The summed E-state index contributed by atoms with van der Waals surface area (Å²) in [6.07, 6.45) is 4.87. The highest BCUT2D eigenvalue weighted by Gasteiger charge is 2.20. The number of benzene rings is 1. The van der Waals surface area contributed by atoms with Crippen LogP contribution in [-0.2, 0) is 25.7 Å². The zero-order valence-electron chi connectivity index (χ0n) is 12.8. The summed E-state index contributed by atoms with van der Waals surface area (Å²) in [7, 11) is 1.33. The third kappa shape index (κ3) is 3.29. The van der Waals surface area contributed by atoms with Crippen LogP contribution in [0.2, 0.25) is 0 Å². The van der Waals surface area contributed by atoms with Crippen LogP contribution in [0.25, 0.3) is 10.9 Å². The molecule has 23 heavy (non-hydrogen) atoms. The number of aromatic nitrogens is 2. The third-order valence-electron chi connectivity index (χ3n) is 3.97. The molecule has 2 N–H and O–H groups in total. The molecule has 8 nitrogen and oxygen atoms in total. The maximum absolute atomic E-state index is 11.7. The fourth-order valence-corrected chi connectivity index (χ4v) is 2.80. The van der Waals surface area contributed by atoms with E-state index < -0.39 is 0 Å². The molecule has 0 radical (unpaired) electrons. The SMILES string of the molecule is COC(=O)Cc1c(NOO)ccc2nn(C3CCCCO3)cc12. The number of fused-ring (bicyclic) bond motifs is 1. The highest BCUT2D eigenvalue weighted by molar-refractivity contribution is 5.91. The van der Waals surface area contributed by atoms with Crippen LogP contribution in [0.1, 0.15) is 31.1 Å². The van der Waals surface area contributed by atoms with Gasteiger partial charge in [-0.15, -0.1) is 4.99 Å². The molecule has 1 atom stereocenters. The number of nitrogens with zero attached hydrogens (tertiary/aromatic N) is 2. The van der Waals surface area contributed by atoms with E-state index in [0.717, 1.165) is 36.8 Å². The van der Waals surface area contributed by atoms with Crippen molar-refractivity contribution in [3.8, 4) is 0 Å². The van der Waals surface area contributed by atoms with Gasteiger partial charge in [0.05, 0.1) is 24.7 Å². The molecule has 2 aromatic rings. The van der Waals surface area contributed by atoms with Gasteiger partial charge in [-0.1, -0.05) is 0 Å². The summed E-state index contributed by atoms with van der Waals surface area (Å²) in [6, 6.07) is 3.48. The molecule has 1 unspecified atom stereocenters. The quantitative estimate of drug-likeness (QED) is 0.495. The van der Waals surface area contributed by atoms with Gasteiger partial charge in [0.2, 0.25) is 0 Å². The van der Waals surface area contributed by atoms with E-state index in [4.69, 9.17) is 14.7 Å². The van der Waals surface area contributed by atoms with Crippen LogP contribution in [0.5, 0.6) is 0 Å². The number of carbonyl (C=O) groups is 1. The molecule has 0 saturated carbocycles. The Balaban J connectivity index is 2.01. The summed E-state index contributed by atoms with van der Waals surface area (Å²) in [4.78, 5) is 15.7. The first kappa shape index (κ1) is 15.7. The number of methoxy groups -OCH3 is 1. The Morgan fingerprint density at radius 2 is 2.39 bits per heavy atom. The number of rotatable bonds is 5. The zero-order valence-corrected chi connectivity index (χ0v) is 12.8. The van der Waals surface area contributed by atoms with Crippen LogP contribution >= 0.6 is 0 Å². The van der Waals surface area contributed by atoms with E-state index in [-0.39, 0.29) is 18.6 Å². The largest absolute Gasteiger partial charge is 0.469 e. The Morgan fingerprint density at radius 3 is 3.09 bits per heavy atom. The number of hydrogen-bond acceptors (Lipinski definition) is 7. The van der Waals surface area contributed by atoms with E-state index in [1.54, 1.807) is 16.8 Å². The Morgan fingerprint density at radius 1 is 1.52 bits per heavy atom. The van der Waals surface area contributed by atoms with E-state index in [2.05, 4.69) is 15.6 Å². The topological polar surface area (TPSA) is 94.8 Å². The molecule has 1 aromatic heterocycles. The van der Waals surface area contributed by atoms with Crippen LogP contribution in [0.3, 0.4) is 0 Å². The molecule has 0 bridgehead atoms. The number of carbonyl (C=O) groups excluding carboxylic acids is 1. The average Bonchev–Trinajstić information content (AvgIpc) is 3.02. The lowest BCUT2D eigenvalue weighted by Crippen LogP contribution is -2.18. The van der Waals surface area contributed by atoms with E-state index >= 15 is 0 Å². The van der Waals surface area contributed by atoms with Crippen molar-refractivity contribution in [1.29, 1.82) is 0 Å². The molecule has 1 aliphatic heterocycles. The van der Waals surface area contributed by atoms with Gasteiger partial charge in [0.25, 0.3) is 0 Å². The van der Waals surface area contributed by atoms with Crippen molar-refractivity contribution < 1.29 is 24.5 Å². The highest BCUT2D eigenvalue weighted by Crippen LogP contribution is 2.29. The summed E-state index contributed by atoms with van der Waals surface area (Å²) in [5.74, 6) is -0.389. The first-order valence-corrected chi connectivity index (χ1v) is 7.48. The number of anilines is 1. The minimum atomic E-state index is -0.389. The fraction of sp³-hybridized carbons (Fsp3) is 0.467. The highest BCUT2D eigenvalue weighted by atomic mass is 17.2. The van der Waals surface area contributed by atoms with Gasteiger partial charge in [-0.05, 0) is 37.0 Å². The van der Waals surface area contributed by atoms with Crippen LogP contribution in [0.15, 0.2) is 18.3 Å². The van der Waals surface area contributed by atoms with Gasteiger partial charge >= 0.3 is 5.97 Å². The second-order valence-corrected chi connectivity index (χ2v) is 5.40. The Hall–Kier alpha value is -2.16. The lowest BCUT2D eigenvalue weighted by atomic mass is 10.1. The Bertz CT molecular complexity index is 694. The smallest absolute Gasteiger partial charge is 0.310 e. The van der Waals surface area contributed by atoms with Gasteiger partial charge in [-0.3, -0.25) is 4.79 Å².